The van der Waals surface area contributed by atoms with Crippen LogP contribution in [0, 0.1) is 10.8 Å². The highest BCUT2D eigenvalue weighted by Crippen LogP contribution is 2.33. The summed E-state index contributed by atoms with van der Waals surface area (Å²) in [6.07, 6.45) is 4.52. The van der Waals surface area contributed by atoms with Gasteiger partial charge in [-0.1, -0.05) is 20.8 Å². The summed E-state index contributed by atoms with van der Waals surface area (Å²) in [5.74, 6) is 0.216. The maximum atomic E-state index is 12.5. The van der Waals surface area contributed by atoms with Crippen molar-refractivity contribution in [3.8, 4) is 0 Å². The first-order valence-electron chi connectivity index (χ1n) is 7.56. The van der Waals surface area contributed by atoms with E-state index in [2.05, 4.69) is 31.4 Å². The minimum absolute atomic E-state index is 0.0558. The van der Waals surface area contributed by atoms with Crippen LogP contribution in [-0.2, 0) is 4.79 Å². The predicted octanol–water partition coefficient (Wildman–Crippen LogP) is 1.68. The maximum Gasteiger partial charge on any atom is 0.226 e. The summed E-state index contributed by atoms with van der Waals surface area (Å²) in [6.45, 7) is 9.20. The minimum Gasteiger partial charge on any atom is -0.396 e. The smallest absolute Gasteiger partial charge is 0.226 e. The van der Waals surface area contributed by atoms with Gasteiger partial charge in [0.2, 0.25) is 5.91 Å². The fourth-order valence-electron chi connectivity index (χ4n) is 2.80. The van der Waals surface area contributed by atoms with Crippen LogP contribution in [0.2, 0.25) is 0 Å². The van der Waals surface area contributed by atoms with Crippen LogP contribution in [0.1, 0.15) is 52.9 Å². The molecule has 19 heavy (non-hydrogen) atoms. The van der Waals surface area contributed by atoms with Crippen molar-refractivity contribution in [2.45, 2.75) is 52.9 Å². The van der Waals surface area contributed by atoms with Gasteiger partial charge < -0.3 is 15.7 Å². The lowest BCUT2D eigenvalue weighted by Gasteiger charge is -2.36. The molecule has 1 aliphatic heterocycles. The molecule has 0 aromatic carbocycles. The normalized spacial score (nSPS) is 19.2. The van der Waals surface area contributed by atoms with E-state index in [0.29, 0.717) is 6.54 Å². The average Bonchev–Trinajstić information content (AvgIpc) is 2.43. The summed E-state index contributed by atoms with van der Waals surface area (Å²) in [5, 5.41) is 15.4. The summed E-state index contributed by atoms with van der Waals surface area (Å²) >= 11 is 0. The molecule has 1 rings (SSSR count). The van der Waals surface area contributed by atoms with E-state index in [1.165, 1.54) is 0 Å². The number of hydrogen-bond acceptors (Lipinski definition) is 3. The molecule has 1 amide bonds. The Morgan fingerprint density at radius 2 is 2.00 bits per heavy atom. The second kappa shape index (κ2) is 7.25. The van der Waals surface area contributed by atoms with Gasteiger partial charge in [0, 0.05) is 13.2 Å². The van der Waals surface area contributed by atoms with E-state index in [1.54, 1.807) is 0 Å². The van der Waals surface area contributed by atoms with Crippen molar-refractivity contribution in [2.75, 3.05) is 26.2 Å². The molecule has 1 aliphatic rings. The first-order chi connectivity index (χ1) is 8.96. The maximum absolute atomic E-state index is 12.5. The number of piperidine rings is 1. The fourth-order valence-corrected chi connectivity index (χ4v) is 2.80. The molecule has 0 atom stereocenters. The number of amides is 1. The van der Waals surface area contributed by atoms with Gasteiger partial charge in [0.05, 0.1) is 5.41 Å². The van der Waals surface area contributed by atoms with E-state index in [-0.39, 0.29) is 23.3 Å². The van der Waals surface area contributed by atoms with Gasteiger partial charge in [-0.25, -0.2) is 0 Å². The fraction of sp³-hybridized carbons (Fsp3) is 0.933. The Morgan fingerprint density at radius 3 is 2.53 bits per heavy atom. The molecule has 4 heteroatoms. The molecule has 0 bridgehead atoms. The van der Waals surface area contributed by atoms with E-state index >= 15 is 0 Å². The molecular weight excluding hydrogens is 240 g/mol. The van der Waals surface area contributed by atoms with Gasteiger partial charge in [-0.15, -0.1) is 0 Å². The molecule has 0 saturated carbocycles. The van der Waals surface area contributed by atoms with Crippen LogP contribution in [0.5, 0.6) is 0 Å². The third-order valence-electron chi connectivity index (χ3n) is 4.46. The molecular formula is C15H30N2O2. The first kappa shape index (κ1) is 16.4. The van der Waals surface area contributed by atoms with E-state index in [1.807, 2.05) is 0 Å². The van der Waals surface area contributed by atoms with E-state index in [9.17, 15) is 4.79 Å². The van der Waals surface area contributed by atoms with E-state index in [4.69, 9.17) is 5.11 Å². The molecule has 1 saturated heterocycles. The zero-order chi connectivity index (χ0) is 14.4. The SMILES string of the molecule is CCC1(C(=O)NCC(C)(C)CCCO)CCNCC1. The number of aliphatic hydroxyl groups excluding tert-OH is 1. The Balaban J connectivity index is 2.48. The van der Waals surface area contributed by atoms with Crippen molar-refractivity contribution in [1.29, 1.82) is 0 Å². The Labute approximate surface area is 117 Å². The van der Waals surface area contributed by atoms with Crippen LogP contribution in [0.3, 0.4) is 0 Å². The highest BCUT2D eigenvalue weighted by Gasteiger charge is 2.38. The second-order valence-corrected chi connectivity index (χ2v) is 6.56. The van der Waals surface area contributed by atoms with Gasteiger partial charge in [0.1, 0.15) is 0 Å². The highest BCUT2D eigenvalue weighted by molar-refractivity contribution is 5.82. The lowest BCUT2D eigenvalue weighted by atomic mass is 9.75. The Hall–Kier alpha value is -0.610. The van der Waals surface area contributed by atoms with Crippen molar-refractivity contribution in [3.63, 3.8) is 0 Å². The zero-order valence-electron chi connectivity index (χ0n) is 12.7. The first-order valence-corrected chi connectivity index (χ1v) is 7.56. The van der Waals surface area contributed by atoms with Gasteiger partial charge in [-0.05, 0) is 50.6 Å². The van der Waals surface area contributed by atoms with Gasteiger partial charge in [-0.2, -0.15) is 0 Å². The third kappa shape index (κ3) is 4.77. The molecule has 1 heterocycles. The van der Waals surface area contributed by atoms with E-state index < -0.39 is 0 Å². The number of carbonyl (C=O) groups excluding carboxylic acids is 1. The Bertz CT molecular complexity index is 284. The number of rotatable bonds is 7. The van der Waals surface area contributed by atoms with Crippen LogP contribution >= 0.6 is 0 Å². The molecule has 0 aromatic heterocycles. The number of aliphatic hydroxyl groups is 1. The van der Waals surface area contributed by atoms with Gasteiger partial charge in [0.15, 0.2) is 0 Å². The topological polar surface area (TPSA) is 61.4 Å². The van der Waals surface area contributed by atoms with E-state index in [0.717, 1.165) is 45.2 Å². The van der Waals surface area contributed by atoms with Crippen molar-refractivity contribution in [2.24, 2.45) is 10.8 Å². The lowest BCUT2D eigenvalue weighted by Crippen LogP contribution is -2.49. The van der Waals surface area contributed by atoms with Crippen LogP contribution < -0.4 is 10.6 Å². The summed E-state index contributed by atoms with van der Waals surface area (Å²) in [7, 11) is 0. The zero-order valence-corrected chi connectivity index (χ0v) is 12.7. The average molecular weight is 270 g/mol. The molecule has 3 N–H and O–H groups in total. The largest absolute Gasteiger partial charge is 0.396 e. The molecule has 0 unspecified atom stereocenters. The van der Waals surface area contributed by atoms with Crippen LogP contribution in [-0.4, -0.2) is 37.3 Å². The molecule has 4 nitrogen and oxygen atoms in total. The lowest BCUT2D eigenvalue weighted by molar-refractivity contribution is -0.133. The van der Waals surface area contributed by atoms with Crippen LogP contribution in [0.4, 0.5) is 0 Å². The Kier molecular flexibility index (Phi) is 6.27. The van der Waals surface area contributed by atoms with Crippen LogP contribution in [0.15, 0.2) is 0 Å². The summed E-state index contributed by atoms with van der Waals surface area (Å²) in [5.41, 5.74) is -0.113. The highest BCUT2D eigenvalue weighted by atomic mass is 16.2. The monoisotopic (exact) mass is 270 g/mol. The minimum atomic E-state index is -0.168. The number of hydrogen-bond donors (Lipinski definition) is 3. The molecule has 0 radical (unpaired) electrons. The quantitative estimate of drug-likeness (QED) is 0.659. The van der Waals surface area contributed by atoms with Crippen molar-refractivity contribution < 1.29 is 9.90 Å². The molecule has 0 aliphatic carbocycles. The summed E-state index contributed by atoms with van der Waals surface area (Å²) in [4.78, 5) is 12.5. The molecule has 0 aromatic rings. The Morgan fingerprint density at radius 1 is 1.37 bits per heavy atom. The number of carbonyl (C=O) groups is 1. The summed E-state index contributed by atoms with van der Waals surface area (Å²) in [6, 6.07) is 0. The standard InChI is InChI=1S/C15H30N2O2/c1-4-15(7-9-16-10-8-15)13(19)17-12-14(2,3)6-5-11-18/h16,18H,4-12H2,1-3H3,(H,17,19). The van der Waals surface area contributed by atoms with Crippen molar-refractivity contribution >= 4 is 5.91 Å². The van der Waals surface area contributed by atoms with Crippen molar-refractivity contribution in [1.82, 2.24) is 10.6 Å². The molecule has 112 valence electrons. The van der Waals surface area contributed by atoms with Gasteiger partial charge >= 0.3 is 0 Å². The summed E-state index contributed by atoms with van der Waals surface area (Å²) < 4.78 is 0. The molecule has 1 fully saturated rings. The van der Waals surface area contributed by atoms with Gasteiger partial charge in [-0.3, -0.25) is 4.79 Å². The molecule has 0 spiro atoms. The predicted molar refractivity (Wildman–Crippen MR) is 77.9 cm³/mol. The second-order valence-electron chi connectivity index (χ2n) is 6.56. The number of nitrogens with one attached hydrogen (secondary N) is 2. The van der Waals surface area contributed by atoms with Crippen molar-refractivity contribution in [3.05, 3.63) is 0 Å². The van der Waals surface area contributed by atoms with Gasteiger partial charge in [0.25, 0.3) is 0 Å². The van der Waals surface area contributed by atoms with Crippen LogP contribution in [0.25, 0.3) is 0 Å². The third-order valence-corrected chi connectivity index (χ3v) is 4.46.